The number of halogens is 2. The van der Waals surface area contributed by atoms with Crippen molar-refractivity contribution >= 4 is 17.1 Å². The molecule has 0 bridgehead atoms. The quantitative estimate of drug-likeness (QED) is 0.621. The first-order valence-electron chi connectivity index (χ1n) is 4.88. The average molecular weight is 255 g/mol. The highest BCUT2D eigenvalue weighted by Gasteiger charge is 2.49. The molecule has 0 aromatic heterocycles. The Kier molecular flexibility index (Phi) is 4.53. The van der Waals surface area contributed by atoms with E-state index in [0.29, 0.717) is 0 Å². The van der Waals surface area contributed by atoms with Crippen LogP contribution in [0.25, 0.3) is 0 Å². The molecule has 16 heavy (non-hydrogen) atoms. The lowest BCUT2D eigenvalue weighted by Crippen LogP contribution is -2.48. The Morgan fingerprint density at radius 2 is 1.56 bits per heavy atom. The minimum absolute atomic E-state index is 0.617. The molecule has 0 radical (unpaired) electrons. The highest BCUT2D eigenvalue weighted by Crippen LogP contribution is 2.31. The molecular weight excluding hydrogens is 236 g/mol. The third-order valence-electron chi connectivity index (χ3n) is 1.97. The van der Waals surface area contributed by atoms with Crippen LogP contribution in [0.15, 0.2) is 4.40 Å². The summed E-state index contributed by atoms with van der Waals surface area (Å²) in [4.78, 5) is 0. The molecule has 0 amide bonds. The molecule has 0 saturated carbocycles. The van der Waals surface area contributed by atoms with Crippen LogP contribution in [0.5, 0.6) is 0 Å². The van der Waals surface area contributed by atoms with Crippen molar-refractivity contribution in [2.24, 2.45) is 4.40 Å². The van der Waals surface area contributed by atoms with E-state index >= 15 is 0 Å². The number of alkyl halides is 2. The molecule has 0 aromatic rings. The molecule has 3 nitrogen and oxygen atoms in total. The van der Waals surface area contributed by atoms with Crippen LogP contribution in [-0.4, -0.2) is 31.6 Å². The Morgan fingerprint density at radius 3 is 1.81 bits per heavy atom. The molecule has 0 aliphatic carbocycles. The zero-order chi connectivity index (χ0) is 13.4. The van der Waals surface area contributed by atoms with Gasteiger partial charge in [-0.1, -0.05) is 4.40 Å². The van der Waals surface area contributed by atoms with Gasteiger partial charge in [-0.15, -0.1) is 0 Å². The smallest absolute Gasteiger partial charge is 0.317 e. The van der Waals surface area contributed by atoms with Crippen molar-refractivity contribution in [1.29, 1.82) is 0 Å². The van der Waals surface area contributed by atoms with Gasteiger partial charge in [-0.05, 0) is 41.5 Å². The van der Waals surface area contributed by atoms with Crippen LogP contribution in [0.1, 0.15) is 41.5 Å². The Hall–Kier alpha value is -0.200. The summed E-state index contributed by atoms with van der Waals surface area (Å²) in [6, 6.07) is 0. The minimum Gasteiger partial charge on any atom is -0.591 e. The van der Waals surface area contributed by atoms with Gasteiger partial charge in [-0.2, -0.15) is 8.78 Å². The minimum atomic E-state index is -3.49. The van der Waals surface area contributed by atoms with Crippen molar-refractivity contribution in [1.82, 2.24) is 0 Å². The van der Waals surface area contributed by atoms with Crippen LogP contribution in [0.3, 0.4) is 0 Å². The first-order valence-corrected chi connectivity index (χ1v) is 5.99. The molecule has 0 heterocycles. The summed E-state index contributed by atoms with van der Waals surface area (Å²) in [6.45, 7) is 7.98. The Morgan fingerprint density at radius 1 is 1.19 bits per heavy atom. The van der Waals surface area contributed by atoms with Gasteiger partial charge in [0.2, 0.25) is 0 Å². The third-order valence-corrected chi connectivity index (χ3v) is 3.45. The number of nitrogens with zero attached hydrogens (tertiary/aromatic N) is 1. The summed E-state index contributed by atoms with van der Waals surface area (Å²) >= 11 is -1.75. The summed E-state index contributed by atoms with van der Waals surface area (Å²) in [5.74, 6) is -3.49. The van der Waals surface area contributed by atoms with Gasteiger partial charge in [-0.3, -0.25) is 0 Å². The lowest BCUT2D eigenvalue weighted by Gasteiger charge is -2.29. The molecule has 1 atom stereocenters. The molecule has 0 rings (SSSR count). The first-order chi connectivity index (χ1) is 6.80. The van der Waals surface area contributed by atoms with Gasteiger partial charge < -0.3 is 9.66 Å². The van der Waals surface area contributed by atoms with E-state index in [1.165, 1.54) is 0 Å². The number of aliphatic hydroxyl groups is 1. The van der Waals surface area contributed by atoms with Gasteiger partial charge in [0.25, 0.3) is 0 Å². The van der Waals surface area contributed by atoms with E-state index in [2.05, 4.69) is 4.40 Å². The molecule has 1 N–H and O–H groups in total. The number of hydrogen-bond donors (Lipinski definition) is 1. The second kappa shape index (κ2) is 4.58. The zero-order valence-corrected chi connectivity index (χ0v) is 11.3. The molecule has 0 aliphatic heterocycles. The monoisotopic (exact) mass is 255 g/mol. The normalized spacial score (nSPS) is 17.5. The van der Waals surface area contributed by atoms with Crippen LogP contribution in [0, 0.1) is 0 Å². The second-order valence-electron chi connectivity index (χ2n) is 5.17. The Labute approximate surface area is 98.3 Å². The van der Waals surface area contributed by atoms with Crippen molar-refractivity contribution < 1.29 is 18.4 Å². The second-order valence-corrected chi connectivity index (χ2v) is 7.08. The molecule has 0 fully saturated rings. The van der Waals surface area contributed by atoms with E-state index in [1.54, 1.807) is 20.8 Å². The lowest BCUT2D eigenvalue weighted by molar-refractivity contribution is -0.113. The SMILES string of the molecule is C/C(=N\[S+]([O-])C(C)(C)C)C(F)(F)C(C)(C)O. The highest BCUT2D eigenvalue weighted by atomic mass is 32.2. The molecule has 6 heteroatoms. The van der Waals surface area contributed by atoms with Crippen LogP contribution in [0.2, 0.25) is 0 Å². The standard InChI is InChI=1S/C10H19F2NO2S/c1-7(10(11,12)9(5,6)14)13-16(15)8(2,3)4/h14H,1-6H3/b13-7+. The molecule has 0 aliphatic rings. The fourth-order valence-corrected chi connectivity index (χ4v) is 1.40. The zero-order valence-electron chi connectivity index (χ0n) is 10.5. The van der Waals surface area contributed by atoms with Gasteiger partial charge in [0.1, 0.15) is 27.4 Å². The molecule has 96 valence electrons. The van der Waals surface area contributed by atoms with Gasteiger partial charge in [-0.25, -0.2) is 0 Å². The fraction of sp³-hybridized carbons (Fsp3) is 0.900. The van der Waals surface area contributed by atoms with E-state index in [1.807, 2.05) is 0 Å². The number of hydrogen-bond acceptors (Lipinski definition) is 3. The maximum Gasteiger partial charge on any atom is 0.317 e. The maximum atomic E-state index is 13.6. The molecule has 0 spiro atoms. The van der Waals surface area contributed by atoms with Crippen molar-refractivity contribution in [2.45, 2.75) is 57.8 Å². The van der Waals surface area contributed by atoms with E-state index in [0.717, 1.165) is 20.8 Å². The van der Waals surface area contributed by atoms with Gasteiger partial charge in [0, 0.05) is 0 Å². The molecule has 0 aromatic carbocycles. The largest absolute Gasteiger partial charge is 0.591 e. The van der Waals surface area contributed by atoms with Crippen LogP contribution in [-0.2, 0) is 11.4 Å². The van der Waals surface area contributed by atoms with E-state index in [-0.39, 0.29) is 0 Å². The average Bonchev–Trinajstić information content (AvgIpc) is 1.99. The van der Waals surface area contributed by atoms with Crippen LogP contribution < -0.4 is 0 Å². The van der Waals surface area contributed by atoms with Crippen molar-refractivity contribution in [3.05, 3.63) is 0 Å². The van der Waals surface area contributed by atoms with Gasteiger partial charge in [0.15, 0.2) is 0 Å². The summed E-state index contributed by atoms with van der Waals surface area (Å²) in [6.07, 6.45) is 0. The number of rotatable bonds is 3. The first kappa shape index (κ1) is 15.8. The fourth-order valence-electron chi connectivity index (χ4n) is 0.761. The highest BCUT2D eigenvalue weighted by molar-refractivity contribution is 7.91. The lowest BCUT2D eigenvalue weighted by atomic mass is 9.97. The van der Waals surface area contributed by atoms with E-state index in [9.17, 15) is 18.4 Å². The van der Waals surface area contributed by atoms with Gasteiger partial charge in [0.05, 0.1) is 0 Å². The van der Waals surface area contributed by atoms with Crippen molar-refractivity contribution in [2.75, 3.05) is 0 Å². The summed E-state index contributed by atoms with van der Waals surface area (Å²) < 4.78 is 41.4. The van der Waals surface area contributed by atoms with Crippen LogP contribution in [0.4, 0.5) is 8.78 Å². The summed E-state index contributed by atoms with van der Waals surface area (Å²) in [5, 5.41) is 9.30. The van der Waals surface area contributed by atoms with Crippen LogP contribution >= 0.6 is 0 Å². The van der Waals surface area contributed by atoms with Gasteiger partial charge >= 0.3 is 5.92 Å². The summed E-state index contributed by atoms with van der Waals surface area (Å²) in [5.41, 5.74) is -2.84. The van der Waals surface area contributed by atoms with Crippen molar-refractivity contribution in [3.8, 4) is 0 Å². The maximum absolute atomic E-state index is 13.6. The predicted molar refractivity (Wildman–Crippen MR) is 62.2 cm³/mol. The van der Waals surface area contributed by atoms with Crippen molar-refractivity contribution in [3.63, 3.8) is 0 Å². The predicted octanol–water partition coefficient (Wildman–Crippen LogP) is 2.32. The molecular formula is C10H19F2NO2S. The molecule has 0 saturated heterocycles. The molecule has 1 unspecified atom stereocenters. The Balaban J connectivity index is 5.08. The Bertz CT molecular complexity index is 280. The summed E-state index contributed by atoms with van der Waals surface area (Å²) in [7, 11) is 0. The third kappa shape index (κ3) is 3.68. The topological polar surface area (TPSA) is 55.7 Å². The van der Waals surface area contributed by atoms with E-state index in [4.69, 9.17) is 0 Å². The van der Waals surface area contributed by atoms with E-state index < -0.39 is 33.3 Å².